The highest BCUT2D eigenvalue weighted by Crippen LogP contribution is 2.25. The number of carbonyl (C=O) groups excluding carboxylic acids is 1. The number of nitrogens with zero attached hydrogens (tertiary/aromatic N) is 1. The quantitative estimate of drug-likeness (QED) is 0.836. The Kier molecular flexibility index (Phi) is 5.44. The summed E-state index contributed by atoms with van der Waals surface area (Å²) >= 11 is 0. The largest absolute Gasteiger partial charge is 0.444 e. The number of alkyl carbamates (subject to hydrolysis) is 1. The molecule has 1 amide bonds. The second-order valence-electron chi connectivity index (χ2n) is 6.89. The van der Waals surface area contributed by atoms with E-state index in [4.69, 9.17) is 4.74 Å². The zero-order chi connectivity index (χ0) is 17.0. The summed E-state index contributed by atoms with van der Waals surface area (Å²) in [4.78, 5) is 14.1. The molecule has 1 aliphatic rings. The molecule has 1 heterocycles. The molecule has 1 aromatic rings. The van der Waals surface area contributed by atoms with E-state index in [0.29, 0.717) is 13.1 Å². The van der Waals surface area contributed by atoms with E-state index in [1.165, 1.54) is 0 Å². The van der Waals surface area contributed by atoms with Gasteiger partial charge in [-0.3, -0.25) is 4.90 Å². The number of aliphatic hydroxyl groups excluding tert-OH is 1. The topological polar surface area (TPSA) is 61.8 Å². The van der Waals surface area contributed by atoms with Crippen molar-refractivity contribution in [1.29, 1.82) is 0 Å². The first-order chi connectivity index (χ1) is 10.8. The van der Waals surface area contributed by atoms with Gasteiger partial charge in [-0.25, -0.2) is 4.79 Å². The number of carbonyl (C=O) groups is 1. The third kappa shape index (κ3) is 4.81. The zero-order valence-corrected chi connectivity index (χ0v) is 14.1. The Bertz CT molecular complexity index is 551. The minimum Gasteiger partial charge on any atom is -0.444 e. The number of aliphatic hydroxyl groups is 1. The molecule has 23 heavy (non-hydrogen) atoms. The van der Waals surface area contributed by atoms with Gasteiger partial charge in [-0.15, -0.1) is 0 Å². The van der Waals surface area contributed by atoms with Crippen LogP contribution >= 0.6 is 0 Å². The van der Waals surface area contributed by atoms with Gasteiger partial charge in [0.2, 0.25) is 0 Å². The SMILES string of the molecule is C=C1C(NC(=O)OC(C)(C)C)CN(Cc2ccccc2)C1CO. The van der Waals surface area contributed by atoms with Gasteiger partial charge < -0.3 is 15.2 Å². The number of hydrogen-bond acceptors (Lipinski definition) is 4. The van der Waals surface area contributed by atoms with Crippen LogP contribution in [0.2, 0.25) is 0 Å². The van der Waals surface area contributed by atoms with Crippen molar-refractivity contribution < 1.29 is 14.6 Å². The number of nitrogens with one attached hydrogen (secondary N) is 1. The molecule has 0 spiro atoms. The fourth-order valence-electron chi connectivity index (χ4n) is 2.76. The maximum Gasteiger partial charge on any atom is 0.408 e. The van der Waals surface area contributed by atoms with Gasteiger partial charge in [0.1, 0.15) is 5.60 Å². The normalized spacial score (nSPS) is 22.2. The van der Waals surface area contributed by atoms with Crippen LogP contribution in [0.25, 0.3) is 0 Å². The molecule has 1 aliphatic heterocycles. The van der Waals surface area contributed by atoms with E-state index >= 15 is 0 Å². The molecule has 2 atom stereocenters. The highest BCUT2D eigenvalue weighted by molar-refractivity contribution is 5.69. The molecular weight excluding hydrogens is 292 g/mol. The molecule has 2 N–H and O–H groups in total. The van der Waals surface area contributed by atoms with Gasteiger partial charge >= 0.3 is 6.09 Å². The van der Waals surface area contributed by atoms with Gasteiger partial charge in [-0.1, -0.05) is 36.9 Å². The molecule has 0 saturated carbocycles. The zero-order valence-electron chi connectivity index (χ0n) is 14.1. The lowest BCUT2D eigenvalue weighted by atomic mass is 10.1. The Hall–Kier alpha value is -1.85. The predicted octanol–water partition coefficient (Wildman–Crippen LogP) is 2.31. The van der Waals surface area contributed by atoms with Crippen molar-refractivity contribution in [2.75, 3.05) is 13.2 Å². The maximum atomic E-state index is 12.0. The molecule has 1 aromatic carbocycles. The molecule has 2 rings (SSSR count). The number of ether oxygens (including phenoxy) is 1. The summed E-state index contributed by atoms with van der Waals surface area (Å²) in [6.07, 6.45) is -0.457. The maximum absolute atomic E-state index is 12.0. The van der Waals surface area contributed by atoms with Crippen LogP contribution in [0.1, 0.15) is 26.3 Å². The van der Waals surface area contributed by atoms with Crippen molar-refractivity contribution in [3.8, 4) is 0 Å². The van der Waals surface area contributed by atoms with Crippen molar-refractivity contribution >= 4 is 6.09 Å². The van der Waals surface area contributed by atoms with Gasteiger partial charge in [-0.05, 0) is 31.9 Å². The minimum absolute atomic E-state index is 0.0157. The molecule has 1 fully saturated rings. The monoisotopic (exact) mass is 318 g/mol. The Labute approximate surface area is 137 Å². The predicted molar refractivity (Wildman–Crippen MR) is 90.0 cm³/mol. The van der Waals surface area contributed by atoms with Crippen LogP contribution in [0, 0.1) is 0 Å². The Morgan fingerprint density at radius 2 is 2.04 bits per heavy atom. The second kappa shape index (κ2) is 7.15. The van der Waals surface area contributed by atoms with E-state index in [2.05, 4.69) is 16.8 Å². The van der Waals surface area contributed by atoms with Crippen LogP contribution in [0.3, 0.4) is 0 Å². The number of rotatable bonds is 4. The van der Waals surface area contributed by atoms with Crippen LogP contribution in [0.4, 0.5) is 4.79 Å². The Balaban J connectivity index is 2.01. The fraction of sp³-hybridized carbons (Fsp3) is 0.500. The van der Waals surface area contributed by atoms with Crippen molar-refractivity contribution in [2.24, 2.45) is 0 Å². The Morgan fingerprint density at radius 3 is 2.61 bits per heavy atom. The van der Waals surface area contributed by atoms with Crippen molar-refractivity contribution in [1.82, 2.24) is 10.2 Å². The first-order valence-corrected chi connectivity index (χ1v) is 7.87. The summed E-state index contributed by atoms with van der Waals surface area (Å²) in [5, 5.41) is 12.5. The lowest BCUT2D eigenvalue weighted by Crippen LogP contribution is -2.41. The van der Waals surface area contributed by atoms with Gasteiger partial charge in [0, 0.05) is 13.1 Å². The number of likely N-dealkylation sites (tertiary alicyclic amines) is 1. The molecule has 0 bridgehead atoms. The van der Waals surface area contributed by atoms with Crippen molar-refractivity contribution in [2.45, 2.75) is 45.0 Å². The average molecular weight is 318 g/mol. The van der Waals surface area contributed by atoms with E-state index in [1.807, 2.05) is 51.1 Å². The van der Waals surface area contributed by atoms with E-state index in [1.54, 1.807) is 0 Å². The molecule has 0 radical (unpaired) electrons. The fourth-order valence-corrected chi connectivity index (χ4v) is 2.76. The highest BCUT2D eigenvalue weighted by Gasteiger charge is 2.36. The summed E-state index contributed by atoms with van der Waals surface area (Å²) in [5.74, 6) is 0. The Morgan fingerprint density at radius 1 is 1.39 bits per heavy atom. The lowest BCUT2D eigenvalue weighted by Gasteiger charge is -2.22. The van der Waals surface area contributed by atoms with Gasteiger partial charge in [0.25, 0.3) is 0 Å². The molecule has 5 nitrogen and oxygen atoms in total. The summed E-state index contributed by atoms with van der Waals surface area (Å²) < 4.78 is 5.30. The number of amides is 1. The van der Waals surface area contributed by atoms with E-state index in [9.17, 15) is 9.90 Å². The number of hydrogen-bond donors (Lipinski definition) is 2. The summed E-state index contributed by atoms with van der Waals surface area (Å²) in [6.45, 7) is 10.8. The average Bonchev–Trinajstić information content (AvgIpc) is 2.73. The smallest absolute Gasteiger partial charge is 0.408 e. The van der Waals surface area contributed by atoms with Crippen LogP contribution in [0.15, 0.2) is 42.5 Å². The van der Waals surface area contributed by atoms with Crippen molar-refractivity contribution in [3.05, 3.63) is 48.0 Å². The number of benzene rings is 1. The van der Waals surface area contributed by atoms with Gasteiger partial charge in [0.15, 0.2) is 0 Å². The molecule has 126 valence electrons. The van der Waals surface area contributed by atoms with Gasteiger partial charge in [0.05, 0.1) is 18.7 Å². The van der Waals surface area contributed by atoms with E-state index < -0.39 is 11.7 Å². The summed E-state index contributed by atoms with van der Waals surface area (Å²) in [5.41, 5.74) is 1.44. The van der Waals surface area contributed by atoms with Crippen LogP contribution in [-0.2, 0) is 11.3 Å². The first kappa shape index (κ1) is 17.5. The molecular formula is C18H26N2O3. The molecule has 5 heteroatoms. The lowest BCUT2D eigenvalue weighted by molar-refractivity contribution is 0.0511. The molecule has 0 aromatic heterocycles. The third-order valence-electron chi connectivity index (χ3n) is 3.83. The standard InChI is InChI=1S/C18H26N2O3/c1-13-15(19-17(22)23-18(2,3)4)11-20(16(13)12-21)10-14-8-6-5-7-9-14/h5-9,15-16,21H,1,10-12H2,2-4H3,(H,19,22). The molecule has 1 saturated heterocycles. The third-order valence-corrected chi connectivity index (χ3v) is 3.83. The first-order valence-electron chi connectivity index (χ1n) is 7.87. The highest BCUT2D eigenvalue weighted by atomic mass is 16.6. The van der Waals surface area contributed by atoms with Crippen molar-refractivity contribution in [3.63, 3.8) is 0 Å². The molecule has 0 aliphatic carbocycles. The minimum atomic E-state index is -0.538. The van der Waals surface area contributed by atoms with Crippen LogP contribution < -0.4 is 5.32 Å². The van der Waals surface area contributed by atoms with Crippen LogP contribution in [-0.4, -0.2) is 46.9 Å². The van der Waals surface area contributed by atoms with E-state index in [-0.39, 0.29) is 18.7 Å². The summed E-state index contributed by atoms with van der Waals surface area (Å²) in [7, 11) is 0. The summed E-state index contributed by atoms with van der Waals surface area (Å²) in [6, 6.07) is 9.68. The van der Waals surface area contributed by atoms with E-state index in [0.717, 1.165) is 11.1 Å². The van der Waals surface area contributed by atoms with Gasteiger partial charge in [-0.2, -0.15) is 0 Å². The molecule has 2 unspecified atom stereocenters. The second-order valence-corrected chi connectivity index (χ2v) is 6.89. The van der Waals surface area contributed by atoms with Crippen LogP contribution in [0.5, 0.6) is 0 Å².